The lowest BCUT2D eigenvalue weighted by Crippen LogP contribution is -2.09. The summed E-state index contributed by atoms with van der Waals surface area (Å²) in [4.78, 5) is 11.0. The molecule has 0 aliphatic carbocycles. The summed E-state index contributed by atoms with van der Waals surface area (Å²) in [6.07, 6.45) is -0.757. The van der Waals surface area contributed by atoms with Crippen molar-refractivity contribution < 1.29 is 14.6 Å². The monoisotopic (exact) mass is 194 g/mol. The van der Waals surface area contributed by atoms with Crippen LogP contribution in [0.2, 0.25) is 0 Å². The van der Waals surface area contributed by atoms with E-state index in [0.29, 0.717) is 6.61 Å². The average molecular weight is 194 g/mol. The number of ether oxygens (including phenoxy) is 1. The SMILES string of the molecule is CCOC(=O)C[C@@H](O)c1ccccc1. The normalized spacial score (nSPS) is 12.1. The molecule has 1 rings (SSSR count). The molecule has 0 heterocycles. The largest absolute Gasteiger partial charge is 0.466 e. The molecule has 0 amide bonds. The first-order valence-corrected chi connectivity index (χ1v) is 4.62. The van der Waals surface area contributed by atoms with E-state index in [1.54, 1.807) is 19.1 Å². The van der Waals surface area contributed by atoms with Crippen LogP contribution in [0.5, 0.6) is 0 Å². The van der Waals surface area contributed by atoms with E-state index < -0.39 is 6.10 Å². The molecule has 0 bridgehead atoms. The van der Waals surface area contributed by atoms with Gasteiger partial charge in [0.1, 0.15) is 0 Å². The van der Waals surface area contributed by atoms with Gasteiger partial charge in [-0.1, -0.05) is 30.3 Å². The molecule has 3 nitrogen and oxygen atoms in total. The van der Waals surface area contributed by atoms with E-state index in [1.807, 2.05) is 18.2 Å². The molecule has 0 fully saturated rings. The lowest BCUT2D eigenvalue weighted by molar-refractivity contribution is -0.145. The van der Waals surface area contributed by atoms with E-state index >= 15 is 0 Å². The van der Waals surface area contributed by atoms with Gasteiger partial charge in [-0.25, -0.2) is 0 Å². The van der Waals surface area contributed by atoms with Crippen LogP contribution >= 0.6 is 0 Å². The number of carbonyl (C=O) groups is 1. The van der Waals surface area contributed by atoms with Crippen molar-refractivity contribution in [2.24, 2.45) is 0 Å². The molecule has 1 aromatic rings. The lowest BCUT2D eigenvalue weighted by Gasteiger charge is -2.09. The van der Waals surface area contributed by atoms with Gasteiger partial charge in [-0.2, -0.15) is 0 Å². The predicted octanol–water partition coefficient (Wildman–Crippen LogP) is 1.67. The van der Waals surface area contributed by atoms with E-state index in [0.717, 1.165) is 5.56 Å². The molecule has 1 atom stereocenters. The van der Waals surface area contributed by atoms with Gasteiger partial charge in [-0.05, 0) is 12.5 Å². The molecular weight excluding hydrogens is 180 g/mol. The highest BCUT2D eigenvalue weighted by atomic mass is 16.5. The van der Waals surface area contributed by atoms with Gasteiger partial charge in [-0.3, -0.25) is 4.79 Å². The Balaban J connectivity index is 2.50. The Labute approximate surface area is 83.3 Å². The summed E-state index contributed by atoms with van der Waals surface area (Å²) in [5, 5.41) is 9.62. The fourth-order valence-electron chi connectivity index (χ4n) is 1.17. The molecular formula is C11H14O3. The molecule has 0 aliphatic rings. The Morgan fingerprint density at radius 2 is 2.07 bits per heavy atom. The Bertz CT molecular complexity index is 282. The standard InChI is InChI=1S/C11H14O3/c1-2-14-11(13)8-10(12)9-6-4-3-5-7-9/h3-7,10,12H,2,8H2,1H3/t10-/m1/s1. The van der Waals surface area contributed by atoms with Crippen molar-refractivity contribution in [2.75, 3.05) is 6.61 Å². The van der Waals surface area contributed by atoms with Crippen LogP contribution in [0.1, 0.15) is 25.0 Å². The third-order valence-electron chi connectivity index (χ3n) is 1.85. The minimum Gasteiger partial charge on any atom is -0.466 e. The summed E-state index contributed by atoms with van der Waals surface area (Å²) in [5.74, 6) is -0.371. The minimum absolute atomic E-state index is 0.0118. The number of rotatable bonds is 4. The zero-order valence-electron chi connectivity index (χ0n) is 8.14. The predicted molar refractivity (Wildman–Crippen MR) is 52.7 cm³/mol. The zero-order valence-corrected chi connectivity index (χ0v) is 8.14. The van der Waals surface area contributed by atoms with Crippen molar-refractivity contribution in [1.29, 1.82) is 0 Å². The second-order valence-electron chi connectivity index (χ2n) is 2.94. The third kappa shape index (κ3) is 3.18. The minimum atomic E-state index is -0.768. The summed E-state index contributed by atoms with van der Waals surface area (Å²) in [5.41, 5.74) is 0.737. The number of benzene rings is 1. The van der Waals surface area contributed by atoms with Crippen LogP contribution < -0.4 is 0 Å². The van der Waals surface area contributed by atoms with Crippen LogP contribution in [0.25, 0.3) is 0 Å². The quantitative estimate of drug-likeness (QED) is 0.742. The molecule has 0 saturated carbocycles. The summed E-state index contributed by atoms with van der Waals surface area (Å²) < 4.78 is 4.74. The van der Waals surface area contributed by atoms with Crippen LogP contribution in [0.15, 0.2) is 30.3 Å². The summed E-state index contributed by atoms with van der Waals surface area (Å²) in [6, 6.07) is 9.07. The highest BCUT2D eigenvalue weighted by Crippen LogP contribution is 2.16. The summed E-state index contributed by atoms with van der Waals surface area (Å²) in [7, 11) is 0. The van der Waals surface area contributed by atoms with Crippen molar-refractivity contribution in [3.8, 4) is 0 Å². The Morgan fingerprint density at radius 1 is 1.43 bits per heavy atom. The van der Waals surface area contributed by atoms with Crippen LogP contribution in [-0.4, -0.2) is 17.7 Å². The number of aliphatic hydroxyl groups is 1. The van der Waals surface area contributed by atoms with E-state index in [-0.39, 0.29) is 12.4 Å². The molecule has 0 radical (unpaired) electrons. The van der Waals surface area contributed by atoms with E-state index in [1.165, 1.54) is 0 Å². The topological polar surface area (TPSA) is 46.5 Å². The van der Waals surface area contributed by atoms with Gasteiger partial charge in [0, 0.05) is 0 Å². The smallest absolute Gasteiger partial charge is 0.308 e. The molecule has 0 unspecified atom stereocenters. The first kappa shape index (κ1) is 10.7. The number of esters is 1. The molecule has 0 aliphatic heterocycles. The zero-order chi connectivity index (χ0) is 10.4. The Morgan fingerprint density at radius 3 is 2.64 bits per heavy atom. The maximum Gasteiger partial charge on any atom is 0.308 e. The third-order valence-corrected chi connectivity index (χ3v) is 1.85. The number of hydrogen-bond donors (Lipinski definition) is 1. The van der Waals surface area contributed by atoms with Crippen molar-refractivity contribution in [1.82, 2.24) is 0 Å². The van der Waals surface area contributed by atoms with Gasteiger partial charge in [-0.15, -0.1) is 0 Å². The van der Waals surface area contributed by atoms with Crippen molar-refractivity contribution in [3.63, 3.8) is 0 Å². The molecule has 1 N–H and O–H groups in total. The maximum absolute atomic E-state index is 11.0. The van der Waals surface area contributed by atoms with Crippen molar-refractivity contribution in [3.05, 3.63) is 35.9 Å². The molecule has 0 spiro atoms. The van der Waals surface area contributed by atoms with Gasteiger partial charge in [0.15, 0.2) is 0 Å². The van der Waals surface area contributed by atoms with Gasteiger partial charge in [0.25, 0.3) is 0 Å². The van der Waals surface area contributed by atoms with Crippen molar-refractivity contribution in [2.45, 2.75) is 19.4 Å². The van der Waals surface area contributed by atoms with Crippen LogP contribution in [0, 0.1) is 0 Å². The highest BCUT2D eigenvalue weighted by molar-refractivity contribution is 5.70. The van der Waals surface area contributed by atoms with Gasteiger partial charge < -0.3 is 9.84 Å². The summed E-state index contributed by atoms with van der Waals surface area (Å²) in [6.45, 7) is 2.09. The first-order chi connectivity index (χ1) is 6.74. The molecule has 0 saturated heterocycles. The molecule has 1 aromatic carbocycles. The summed E-state index contributed by atoms with van der Waals surface area (Å²) >= 11 is 0. The second-order valence-corrected chi connectivity index (χ2v) is 2.94. The first-order valence-electron chi connectivity index (χ1n) is 4.62. The average Bonchev–Trinajstić information content (AvgIpc) is 2.19. The molecule has 14 heavy (non-hydrogen) atoms. The van der Waals surface area contributed by atoms with Crippen molar-refractivity contribution >= 4 is 5.97 Å². The van der Waals surface area contributed by atoms with E-state index in [4.69, 9.17) is 4.74 Å². The molecule has 3 heteroatoms. The number of carbonyl (C=O) groups excluding carboxylic acids is 1. The van der Waals surface area contributed by atoms with E-state index in [9.17, 15) is 9.90 Å². The van der Waals surface area contributed by atoms with E-state index in [2.05, 4.69) is 0 Å². The fraction of sp³-hybridized carbons (Fsp3) is 0.364. The Hall–Kier alpha value is -1.35. The number of hydrogen-bond acceptors (Lipinski definition) is 3. The lowest BCUT2D eigenvalue weighted by atomic mass is 10.1. The fourth-order valence-corrected chi connectivity index (χ4v) is 1.17. The molecule has 0 aromatic heterocycles. The van der Waals surface area contributed by atoms with Gasteiger partial charge in [0.2, 0.25) is 0 Å². The Kier molecular flexibility index (Phi) is 4.13. The molecule has 76 valence electrons. The van der Waals surface area contributed by atoms with Gasteiger partial charge in [0.05, 0.1) is 19.1 Å². The van der Waals surface area contributed by atoms with Gasteiger partial charge >= 0.3 is 5.97 Å². The van der Waals surface area contributed by atoms with Crippen LogP contribution in [0.4, 0.5) is 0 Å². The second kappa shape index (κ2) is 5.40. The van der Waals surface area contributed by atoms with Crippen LogP contribution in [-0.2, 0) is 9.53 Å². The van der Waals surface area contributed by atoms with Crippen LogP contribution in [0.3, 0.4) is 0 Å². The maximum atomic E-state index is 11.0. The highest BCUT2D eigenvalue weighted by Gasteiger charge is 2.12. The number of aliphatic hydroxyl groups excluding tert-OH is 1.